The van der Waals surface area contributed by atoms with Crippen molar-refractivity contribution >= 4 is 45.9 Å². The lowest BCUT2D eigenvalue weighted by molar-refractivity contribution is -0.129. The normalized spacial score (nSPS) is 14.3. The Balaban J connectivity index is 1.18. The molecule has 0 aliphatic heterocycles. The molecular weight excluding hydrogens is 813 g/mol. The smallest absolute Gasteiger partial charge is 0.318 e. The number of H-pyrrole nitrogens is 2. The Morgan fingerprint density at radius 2 is 0.875 bits per heavy atom. The lowest BCUT2D eigenvalue weighted by Gasteiger charge is -2.35. The molecule has 6 aromatic rings. The van der Waals surface area contributed by atoms with Gasteiger partial charge in [-0.3, -0.25) is 9.59 Å². The highest BCUT2D eigenvalue weighted by molar-refractivity contribution is 5.88. The molecule has 2 unspecified atom stereocenters. The fourth-order valence-electron chi connectivity index (χ4n) is 7.58. The molecule has 8 N–H and O–H groups in total. The first-order chi connectivity index (χ1) is 30.7. The van der Waals surface area contributed by atoms with Gasteiger partial charge in [0.2, 0.25) is 11.8 Å². The largest absolute Gasteiger partial charge is 0.388 e. The molecule has 0 fully saturated rings. The molecule has 4 aromatic carbocycles. The maximum atomic E-state index is 14.2. The minimum Gasteiger partial charge on any atom is -0.388 e. The zero-order valence-electron chi connectivity index (χ0n) is 37.2. The van der Waals surface area contributed by atoms with E-state index >= 15 is 0 Å². The number of carbonyl (C=O) groups excluding carboxylic acids is 4. The number of aliphatic hydroxyl groups is 2. The van der Waals surface area contributed by atoms with Crippen molar-refractivity contribution in [3.05, 3.63) is 132 Å². The molecule has 0 saturated heterocycles. The summed E-state index contributed by atoms with van der Waals surface area (Å²) in [6.45, 7) is 7.51. The molecule has 16 nitrogen and oxygen atoms in total. The van der Waals surface area contributed by atoms with E-state index in [0.29, 0.717) is 11.6 Å². The molecule has 0 saturated carbocycles. The number of aromatic nitrogens is 4. The Morgan fingerprint density at radius 3 is 1.22 bits per heavy atom. The van der Waals surface area contributed by atoms with Crippen LogP contribution in [0.1, 0.15) is 50.5 Å². The molecule has 2 heterocycles. The second kappa shape index (κ2) is 21.5. The highest BCUT2D eigenvalue weighted by Gasteiger charge is 2.38. The monoisotopic (exact) mass is 872 g/mol. The third kappa shape index (κ3) is 12.2. The average Bonchev–Trinajstić information content (AvgIpc) is 3.89. The Hall–Kier alpha value is -6.78. The summed E-state index contributed by atoms with van der Waals surface area (Å²) in [5.41, 5.74) is 4.76. The van der Waals surface area contributed by atoms with Crippen LogP contribution in [0.15, 0.2) is 109 Å². The highest BCUT2D eigenvalue weighted by atomic mass is 16.3. The first-order valence-corrected chi connectivity index (χ1v) is 21.6. The minimum atomic E-state index is -1.61. The molecule has 0 radical (unpaired) electrons. The van der Waals surface area contributed by atoms with Gasteiger partial charge in [0.05, 0.1) is 47.2 Å². The molecule has 16 heteroatoms. The number of nitrogens with one attached hydrogen (secondary N) is 6. The van der Waals surface area contributed by atoms with Gasteiger partial charge in [-0.2, -0.15) is 0 Å². The van der Waals surface area contributed by atoms with Crippen molar-refractivity contribution in [2.75, 3.05) is 14.1 Å². The van der Waals surface area contributed by atoms with Crippen molar-refractivity contribution in [1.82, 2.24) is 51.0 Å². The number of aliphatic hydroxyl groups excluding tert-OH is 2. The lowest BCUT2D eigenvalue weighted by atomic mass is 9.90. The van der Waals surface area contributed by atoms with E-state index in [0.717, 1.165) is 33.2 Å². The van der Waals surface area contributed by atoms with Gasteiger partial charge >= 0.3 is 12.1 Å². The molecule has 6 rings (SSSR count). The number of amides is 6. The predicted molar refractivity (Wildman–Crippen MR) is 246 cm³/mol. The number of nitrogens with zero attached hydrogens (tertiary/aromatic N) is 4. The van der Waals surface area contributed by atoms with Crippen LogP contribution >= 0.6 is 0 Å². The molecule has 338 valence electrons. The second-order valence-electron chi connectivity index (χ2n) is 17.0. The van der Waals surface area contributed by atoms with Crippen LogP contribution in [0, 0.1) is 11.8 Å². The van der Waals surface area contributed by atoms with E-state index in [1.165, 1.54) is 9.80 Å². The molecule has 6 atom stereocenters. The number of benzene rings is 4. The molecular formula is C48H60N10O6. The van der Waals surface area contributed by atoms with E-state index in [1.54, 1.807) is 41.8 Å². The zero-order valence-corrected chi connectivity index (χ0v) is 37.2. The van der Waals surface area contributed by atoms with Gasteiger partial charge in [-0.25, -0.2) is 19.6 Å². The van der Waals surface area contributed by atoms with Gasteiger partial charge in [-0.1, -0.05) is 113 Å². The first kappa shape index (κ1) is 46.7. The number of urea groups is 2. The van der Waals surface area contributed by atoms with E-state index < -0.39 is 60.3 Å². The maximum absolute atomic E-state index is 14.2. The van der Waals surface area contributed by atoms with Gasteiger partial charge in [-0.15, -0.1) is 0 Å². The number of hydrogen-bond acceptors (Lipinski definition) is 8. The number of hydrogen-bond donors (Lipinski definition) is 8. The Bertz CT molecular complexity index is 2240. The molecule has 0 bridgehead atoms. The molecule has 0 aliphatic rings. The average molecular weight is 873 g/mol. The maximum Gasteiger partial charge on any atom is 0.318 e. The molecule has 0 spiro atoms. The molecule has 64 heavy (non-hydrogen) atoms. The van der Waals surface area contributed by atoms with Gasteiger partial charge in [0.1, 0.15) is 35.9 Å². The SMILES string of the molecule is CC(C)C(NC(=O)N(C)Cc1nc2ccccc2[nH]1)C(=O)N[C@@H](Cc1ccccc1)[C@@H](O)[C@H](O)[C@H](Cc1ccccc1)NC(=O)C(NC(=O)N(C)Cc1nc2ccccc2[nH]1)C(C)C. The van der Waals surface area contributed by atoms with E-state index in [4.69, 9.17) is 0 Å². The van der Waals surface area contributed by atoms with Gasteiger partial charge in [0, 0.05) is 14.1 Å². The fraction of sp³-hybridized carbons (Fsp3) is 0.375. The summed E-state index contributed by atoms with van der Waals surface area (Å²) in [6, 6.07) is 28.3. The zero-order chi connectivity index (χ0) is 45.9. The summed E-state index contributed by atoms with van der Waals surface area (Å²) in [5.74, 6) is -0.704. The third-order valence-electron chi connectivity index (χ3n) is 11.2. The third-order valence-corrected chi connectivity index (χ3v) is 11.2. The number of aromatic amines is 2. The number of carbonyl (C=O) groups is 4. The predicted octanol–water partition coefficient (Wildman–Crippen LogP) is 4.65. The van der Waals surface area contributed by atoms with Crippen LogP contribution in [0.4, 0.5) is 9.59 Å². The van der Waals surface area contributed by atoms with E-state index in [-0.39, 0.29) is 37.8 Å². The van der Waals surface area contributed by atoms with Gasteiger partial charge in [-0.05, 0) is 60.1 Å². The Labute approximate surface area is 373 Å². The fourth-order valence-corrected chi connectivity index (χ4v) is 7.58. The summed E-state index contributed by atoms with van der Waals surface area (Å²) in [7, 11) is 3.21. The topological polar surface area (TPSA) is 221 Å². The number of imidazole rings is 2. The number of para-hydroxylation sites is 4. The van der Waals surface area contributed by atoms with E-state index in [1.807, 2.05) is 109 Å². The Morgan fingerprint density at radius 1 is 0.531 bits per heavy atom. The lowest BCUT2D eigenvalue weighted by Crippen LogP contribution is -2.62. The minimum absolute atomic E-state index is 0.115. The van der Waals surface area contributed by atoms with Gasteiger partial charge < -0.3 is 51.2 Å². The Kier molecular flexibility index (Phi) is 15.7. The van der Waals surface area contributed by atoms with Crippen LogP contribution in [0.2, 0.25) is 0 Å². The van der Waals surface area contributed by atoms with Gasteiger partial charge in [0.15, 0.2) is 0 Å². The van der Waals surface area contributed by atoms with E-state index in [9.17, 15) is 29.4 Å². The second-order valence-corrected chi connectivity index (χ2v) is 17.0. The first-order valence-electron chi connectivity index (χ1n) is 21.6. The van der Waals surface area contributed by atoms with Crippen molar-refractivity contribution in [2.24, 2.45) is 11.8 Å². The van der Waals surface area contributed by atoms with Crippen LogP contribution in [0.25, 0.3) is 22.1 Å². The van der Waals surface area contributed by atoms with Crippen molar-refractivity contribution in [3.8, 4) is 0 Å². The summed E-state index contributed by atoms with van der Waals surface area (Å²) in [6.07, 6.45) is -2.99. The highest BCUT2D eigenvalue weighted by Crippen LogP contribution is 2.18. The quantitative estimate of drug-likeness (QED) is 0.0572. The van der Waals surface area contributed by atoms with Crippen molar-refractivity contribution < 1.29 is 29.4 Å². The van der Waals surface area contributed by atoms with E-state index in [2.05, 4.69) is 41.2 Å². The van der Waals surface area contributed by atoms with Gasteiger partial charge in [0.25, 0.3) is 0 Å². The van der Waals surface area contributed by atoms with Crippen LogP contribution < -0.4 is 21.3 Å². The van der Waals surface area contributed by atoms with Crippen LogP contribution in [-0.4, -0.2) is 114 Å². The van der Waals surface area contributed by atoms with Crippen molar-refractivity contribution in [2.45, 2.75) is 90.0 Å². The van der Waals surface area contributed by atoms with Crippen molar-refractivity contribution in [1.29, 1.82) is 0 Å². The summed E-state index contributed by atoms with van der Waals surface area (Å²) < 4.78 is 0. The number of fused-ring (bicyclic) bond motifs is 2. The van der Waals surface area contributed by atoms with Crippen LogP contribution in [0.5, 0.6) is 0 Å². The molecule has 2 aromatic heterocycles. The summed E-state index contributed by atoms with van der Waals surface area (Å²) in [5, 5.41) is 35.8. The summed E-state index contributed by atoms with van der Waals surface area (Å²) >= 11 is 0. The van der Waals surface area contributed by atoms with Crippen LogP contribution in [0.3, 0.4) is 0 Å². The van der Waals surface area contributed by atoms with Crippen LogP contribution in [-0.2, 0) is 35.5 Å². The van der Waals surface area contributed by atoms with Crippen molar-refractivity contribution in [3.63, 3.8) is 0 Å². The molecule has 0 aliphatic carbocycles. The number of rotatable bonds is 19. The summed E-state index contributed by atoms with van der Waals surface area (Å²) in [4.78, 5) is 73.8. The standard InChI is InChI=1S/C48H60N10O6/c1-29(2)41(55-47(63)57(5)27-39-49-33-21-13-14-22-34(33)50-39)45(61)53-37(25-31-17-9-7-10-18-31)43(59)44(60)38(26-32-19-11-8-12-20-32)54-46(62)42(30(3)4)56-48(64)58(6)28-40-51-35-23-15-16-24-36(35)52-40/h7-24,29-30,37-38,41-44,59-60H,25-28H2,1-6H3,(H,49,50)(H,51,52)(H,53,61)(H,54,62)(H,55,63)(H,56,64)/t37-,38-,41?,42?,43+,44+/m0/s1. The molecule has 6 amide bonds.